The predicted molar refractivity (Wildman–Crippen MR) is 124 cm³/mol. The van der Waals surface area contributed by atoms with Crippen LogP contribution in [0.2, 0.25) is 5.02 Å². The zero-order chi connectivity index (χ0) is 20.6. The van der Waals surface area contributed by atoms with Crippen molar-refractivity contribution in [2.24, 2.45) is 5.16 Å². The first-order valence-electron chi connectivity index (χ1n) is 10.3. The minimum atomic E-state index is 0.426. The van der Waals surface area contributed by atoms with E-state index >= 15 is 0 Å². The van der Waals surface area contributed by atoms with Crippen molar-refractivity contribution in [3.05, 3.63) is 101 Å². The maximum atomic E-state index is 5.96. The molecule has 5 heteroatoms. The summed E-state index contributed by atoms with van der Waals surface area (Å²) in [5.41, 5.74) is 4.39. The second kappa shape index (κ2) is 10.3. The quantitative estimate of drug-likeness (QED) is 0.394. The van der Waals surface area contributed by atoms with E-state index in [1.165, 1.54) is 5.69 Å². The van der Waals surface area contributed by atoms with Gasteiger partial charge in [-0.15, -0.1) is 0 Å². The van der Waals surface area contributed by atoms with E-state index in [2.05, 4.69) is 57.4 Å². The Kier molecular flexibility index (Phi) is 7.01. The van der Waals surface area contributed by atoms with Crippen molar-refractivity contribution < 1.29 is 4.84 Å². The number of benzene rings is 3. The molecule has 0 N–H and O–H groups in total. The fourth-order valence-electron chi connectivity index (χ4n) is 3.58. The van der Waals surface area contributed by atoms with Gasteiger partial charge >= 0.3 is 0 Å². The molecule has 0 radical (unpaired) electrons. The van der Waals surface area contributed by atoms with E-state index in [9.17, 15) is 0 Å². The first-order chi connectivity index (χ1) is 14.8. The molecule has 0 aliphatic carbocycles. The summed E-state index contributed by atoms with van der Waals surface area (Å²) in [4.78, 5) is 10.6. The molecule has 3 aromatic rings. The lowest BCUT2D eigenvalue weighted by molar-refractivity contribution is 0.129. The summed E-state index contributed by atoms with van der Waals surface area (Å²) >= 11 is 5.96. The minimum Gasteiger partial charge on any atom is -0.391 e. The van der Waals surface area contributed by atoms with Crippen molar-refractivity contribution in [3.63, 3.8) is 0 Å². The van der Waals surface area contributed by atoms with Crippen LogP contribution in [0.15, 0.2) is 90.1 Å². The molecule has 4 rings (SSSR count). The van der Waals surface area contributed by atoms with Gasteiger partial charge in [0.2, 0.25) is 0 Å². The Morgan fingerprint density at radius 3 is 2.10 bits per heavy atom. The maximum absolute atomic E-state index is 5.96. The Morgan fingerprint density at radius 2 is 1.43 bits per heavy atom. The van der Waals surface area contributed by atoms with Crippen molar-refractivity contribution in [2.45, 2.75) is 6.61 Å². The lowest BCUT2D eigenvalue weighted by Gasteiger charge is -2.36. The number of hydrogen-bond donors (Lipinski definition) is 0. The van der Waals surface area contributed by atoms with Crippen molar-refractivity contribution in [1.82, 2.24) is 4.90 Å². The van der Waals surface area contributed by atoms with E-state index in [1.54, 1.807) is 0 Å². The van der Waals surface area contributed by atoms with E-state index in [0.717, 1.165) is 54.6 Å². The van der Waals surface area contributed by atoms with Crippen molar-refractivity contribution in [2.75, 3.05) is 37.6 Å². The molecular formula is C25H26ClN3O. The van der Waals surface area contributed by atoms with Crippen LogP contribution >= 0.6 is 11.6 Å². The maximum Gasteiger partial charge on any atom is 0.142 e. The number of halogens is 1. The van der Waals surface area contributed by atoms with Gasteiger partial charge in [0, 0.05) is 49.0 Å². The number of anilines is 1. The molecule has 0 unspecified atom stereocenters. The summed E-state index contributed by atoms with van der Waals surface area (Å²) < 4.78 is 0. The van der Waals surface area contributed by atoms with Gasteiger partial charge in [-0.3, -0.25) is 4.90 Å². The summed E-state index contributed by atoms with van der Waals surface area (Å²) in [7, 11) is 0. The zero-order valence-corrected chi connectivity index (χ0v) is 17.7. The molecule has 4 nitrogen and oxygen atoms in total. The van der Waals surface area contributed by atoms with Crippen molar-refractivity contribution >= 4 is 23.0 Å². The van der Waals surface area contributed by atoms with Crippen LogP contribution in [0.3, 0.4) is 0 Å². The average Bonchev–Trinajstić information content (AvgIpc) is 2.81. The monoisotopic (exact) mass is 419 g/mol. The topological polar surface area (TPSA) is 28.1 Å². The Labute approximate surface area is 183 Å². The van der Waals surface area contributed by atoms with E-state index < -0.39 is 0 Å². The summed E-state index contributed by atoms with van der Waals surface area (Å²) in [5, 5.41) is 5.24. The van der Waals surface area contributed by atoms with E-state index in [0.29, 0.717) is 6.61 Å². The van der Waals surface area contributed by atoms with Gasteiger partial charge in [0.1, 0.15) is 12.3 Å². The second-order valence-electron chi connectivity index (χ2n) is 7.40. The smallest absolute Gasteiger partial charge is 0.142 e. The van der Waals surface area contributed by atoms with Crippen LogP contribution < -0.4 is 4.90 Å². The molecule has 0 spiro atoms. The molecular weight excluding hydrogens is 394 g/mol. The standard InChI is InChI=1S/C25H26ClN3O/c26-23-13-11-21(12-14-23)20-30-27-25(22-7-3-1-4-8-22)19-28-15-17-29(18-16-28)24-9-5-2-6-10-24/h1-14H,15-20H2/b27-25+. The zero-order valence-electron chi connectivity index (χ0n) is 17.0. The number of piperazine rings is 1. The molecule has 1 fully saturated rings. The molecule has 154 valence electrons. The lowest BCUT2D eigenvalue weighted by Crippen LogP contribution is -2.48. The molecule has 0 saturated carbocycles. The molecule has 0 bridgehead atoms. The highest BCUT2D eigenvalue weighted by molar-refractivity contribution is 6.30. The van der Waals surface area contributed by atoms with Crippen LogP contribution in [-0.2, 0) is 11.4 Å². The van der Waals surface area contributed by atoms with Crippen LogP contribution in [-0.4, -0.2) is 43.3 Å². The Morgan fingerprint density at radius 1 is 0.800 bits per heavy atom. The number of nitrogens with zero attached hydrogens (tertiary/aromatic N) is 3. The largest absolute Gasteiger partial charge is 0.391 e. The molecule has 3 aromatic carbocycles. The normalized spacial score (nSPS) is 15.2. The SMILES string of the molecule is Clc1ccc(CO/N=C(\CN2CCN(c3ccccc3)CC2)c2ccccc2)cc1. The summed E-state index contributed by atoms with van der Waals surface area (Å²) in [6.45, 7) is 5.22. The average molecular weight is 420 g/mol. The van der Waals surface area contributed by atoms with Crippen LogP contribution in [0.5, 0.6) is 0 Å². The van der Waals surface area contributed by atoms with E-state index in [-0.39, 0.29) is 0 Å². The van der Waals surface area contributed by atoms with Crippen LogP contribution in [0.25, 0.3) is 0 Å². The highest BCUT2D eigenvalue weighted by Crippen LogP contribution is 2.16. The van der Waals surface area contributed by atoms with Gasteiger partial charge < -0.3 is 9.74 Å². The van der Waals surface area contributed by atoms with Gasteiger partial charge in [-0.25, -0.2) is 0 Å². The van der Waals surface area contributed by atoms with Gasteiger partial charge in [-0.2, -0.15) is 0 Å². The Balaban J connectivity index is 1.39. The summed E-state index contributed by atoms with van der Waals surface area (Å²) in [5.74, 6) is 0. The van der Waals surface area contributed by atoms with Crippen LogP contribution in [0.1, 0.15) is 11.1 Å². The van der Waals surface area contributed by atoms with Gasteiger partial charge in [-0.1, -0.05) is 77.4 Å². The van der Waals surface area contributed by atoms with Gasteiger partial charge in [-0.05, 0) is 29.8 Å². The van der Waals surface area contributed by atoms with E-state index in [1.807, 2.05) is 42.5 Å². The van der Waals surface area contributed by atoms with Crippen molar-refractivity contribution in [3.8, 4) is 0 Å². The third kappa shape index (κ3) is 5.62. The molecule has 1 aliphatic rings. The number of rotatable bonds is 7. The van der Waals surface area contributed by atoms with Crippen LogP contribution in [0, 0.1) is 0 Å². The summed E-state index contributed by atoms with van der Waals surface area (Å²) in [6, 6.07) is 28.5. The Hall–Kier alpha value is -2.82. The number of hydrogen-bond acceptors (Lipinski definition) is 4. The minimum absolute atomic E-state index is 0.426. The highest BCUT2D eigenvalue weighted by atomic mass is 35.5. The van der Waals surface area contributed by atoms with Gasteiger partial charge in [0.15, 0.2) is 0 Å². The number of oxime groups is 1. The van der Waals surface area contributed by atoms with Gasteiger partial charge in [0.25, 0.3) is 0 Å². The third-order valence-electron chi connectivity index (χ3n) is 5.29. The fraction of sp³-hybridized carbons (Fsp3) is 0.240. The molecule has 1 saturated heterocycles. The lowest BCUT2D eigenvalue weighted by atomic mass is 10.1. The molecule has 1 aliphatic heterocycles. The number of para-hydroxylation sites is 1. The molecule has 0 atom stereocenters. The van der Waals surface area contributed by atoms with Crippen molar-refractivity contribution in [1.29, 1.82) is 0 Å². The third-order valence-corrected chi connectivity index (χ3v) is 5.55. The first kappa shape index (κ1) is 20.5. The molecule has 0 amide bonds. The molecule has 30 heavy (non-hydrogen) atoms. The summed E-state index contributed by atoms with van der Waals surface area (Å²) in [6.07, 6.45) is 0. The Bertz CT molecular complexity index is 937. The highest BCUT2D eigenvalue weighted by Gasteiger charge is 2.19. The fourth-order valence-corrected chi connectivity index (χ4v) is 3.71. The van der Waals surface area contributed by atoms with Crippen LogP contribution in [0.4, 0.5) is 5.69 Å². The first-order valence-corrected chi connectivity index (χ1v) is 10.7. The molecule has 0 aromatic heterocycles. The van der Waals surface area contributed by atoms with E-state index in [4.69, 9.17) is 16.4 Å². The predicted octanol–water partition coefficient (Wildman–Crippen LogP) is 5.08. The molecule has 1 heterocycles. The second-order valence-corrected chi connectivity index (χ2v) is 7.84. The van der Waals surface area contributed by atoms with Gasteiger partial charge in [0.05, 0.1) is 0 Å².